The Labute approximate surface area is 213 Å². The number of carboxylic acids is 2. The second-order valence-electron chi connectivity index (χ2n) is 8.42. The van der Waals surface area contributed by atoms with Crippen LogP contribution in [0.15, 0.2) is 4.99 Å². The standard InChI is InChI=1S/C21H37N7O7S/c1-36-11-8-13(26-17(31)12(22)6-7-16(29)30)19(33)28-10-3-5-15(28)18(32)27-14(20(34)35)4-2-9-25-21(23)24/h12-15H,2-11,22H2,1H3,(H,26,31)(H,27,32)(H,29,30)(H,34,35)(H4,23,24,25). The number of rotatable bonds is 16. The molecule has 0 bridgehead atoms. The van der Waals surface area contributed by atoms with E-state index < -0.39 is 53.8 Å². The highest BCUT2D eigenvalue weighted by atomic mass is 32.2. The number of likely N-dealkylation sites (tertiary alicyclic amines) is 1. The highest BCUT2D eigenvalue weighted by Crippen LogP contribution is 2.20. The van der Waals surface area contributed by atoms with E-state index >= 15 is 0 Å². The van der Waals surface area contributed by atoms with Crippen LogP contribution in [-0.4, -0.2) is 100.0 Å². The summed E-state index contributed by atoms with van der Waals surface area (Å²) in [5, 5.41) is 23.4. The number of carbonyl (C=O) groups is 5. The van der Waals surface area contributed by atoms with Crippen molar-refractivity contribution < 1.29 is 34.2 Å². The van der Waals surface area contributed by atoms with Crippen molar-refractivity contribution in [2.45, 2.75) is 69.1 Å². The number of hydrogen-bond donors (Lipinski definition) is 7. The molecule has 0 aromatic rings. The van der Waals surface area contributed by atoms with E-state index in [-0.39, 0.29) is 44.7 Å². The number of aliphatic imine (C=N–C) groups is 1. The van der Waals surface area contributed by atoms with Gasteiger partial charge in [-0.25, -0.2) is 4.79 Å². The molecule has 36 heavy (non-hydrogen) atoms. The second-order valence-corrected chi connectivity index (χ2v) is 9.41. The largest absolute Gasteiger partial charge is 0.481 e. The van der Waals surface area contributed by atoms with Gasteiger partial charge in [-0.2, -0.15) is 11.8 Å². The van der Waals surface area contributed by atoms with E-state index in [9.17, 15) is 29.1 Å². The molecule has 0 radical (unpaired) electrons. The maximum atomic E-state index is 13.3. The molecule has 1 aliphatic rings. The minimum Gasteiger partial charge on any atom is -0.481 e. The van der Waals surface area contributed by atoms with Crippen molar-refractivity contribution in [1.29, 1.82) is 0 Å². The molecule has 1 aliphatic heterocycles. The van der Waals surface area contributed by atoms with Crippen LogP contribution in [0, 0.1) is 0 Å². The second kappa shape index (κ2) is 15.8. The van der Waals surface area contributed by atoms with Gasteiger partial charge >= 0.3 is 11.9 Å². The number of guanidine groups is 1. The van der Waals surface area contributed by atoms with Gasteiger partial charge in [0.2, 0.25) is 17.7 Å². The number of thioether (sulfide) groups is 1. The highest BCUT2D eigenvalue weighted by Gasteiger charge is 2.39. The summed E-state index contributed by atoms with van der Waals surface area (Å²) in [5.41, 5.74) is 16.3. The third kappa shape index (κ3) is 10.7. The Balaban J connectivity index is 2.86. The summed E-state index contributed by atoms with van der Waals surface area (Å²) in [7, 11) is 0. The van der Waals surface area contributed by atoms with Crippen molar-refractivity contribution in [2.75, 3.05) is 25.1 Å². The molecule has 1 fully saturated rings. The third-order valence-electron chi connectivity index (χ3n) is 5.63. The van der Waals surface area contributed by atoms with Crippen molar-refractivity contribution in [2.24, 2.45) is 22.2 Å². The molecule has 0 aromatic heterocycles. The van der Waals surface area contributed by atoms with Crippen LogP contribution in [0.3, 0.4) is 0 Å². The highest BCUT2D eigenvalue weighted by molar-refractivity contribution is 7.98. The average molecular weight is 532 g/mol. The quantitative estimate of drug-likeness (QED) is 0.0654. The smallest absolute Gasteiger partial charge is 0.326 e. The fraction of sp³-hybridized carbons (Fsp3) is 0.714. The fourth-order valence-electron chi connectivity index (χ4n) is 3.71. The van der Waals surface area contributed by atoms with Gasteiger partial charge in [-0.3, -0.25) is 24.2 Å². The Kier molecular flexibility index (Phi) is 13.6. The fourth-order valence-corrected chi connectivity index (χ4v) is 4.19. The predicted molar refractivity (Wildman–Crippen MR) is 134 cm³/mol. The molecule has 0 aliphatic carbocycles. The average Bonchev–Trinajstić information content (AvgIpc) is 3.31. The third-order valence-corrected chi connectivity index (χ3v) is 6.27. The lowest BCUT2D eigenvalue weighted by atomic mass is 10.1. The molecule has 0 saturated carbocycles. The Morgan fingerprint density at radius 3 is 2.36 bits per heavy atom. The van der Waals surface area contributed by atoms with Crippen LogP contribution >= 0.6 is 11.8 Å². The van der Waals surface area contributed by atoms with Crippen LogP contribution in [0.25, 0.3) is 0 Å². The van der Waals surface area contributed by atoms with E-state index in [1.165, 1.54) is 16.7 Å². The van der Waals surface area contributed by atoms with E-state index in [2.05, 4.69) is 15.6 Å². The van der Waals surface area contributed by atoms with Gasteiger partial charge in [-0.15, -0.1) is 0 Å². The molecule has 15 heteroatoms. The van der Waals surface area contributed by atoms with Crippen molar-refractivity contribution in [1.82, 2.24) is 15.5 Å². The maximum absolute atomic E-state index is 13.3. The molecular weight excluding hydrogens is 494 g/mol. The van der Waals surface area contributed by atoms with Crippen LogP contribution in [0.2, 0.25) is 0 Å². The molecule has 3 amide bonds. The molecule has 204 valence electrons. The van der Waals surface area contributed by atoms with Crippen LogP contribution in [-0.2, 0) is 24.0 Å². The van der Waals surface area contributed by atoms with Crippen LogP contribution in [0.1, 0.15) is 44.9 Å². The summed E-state index contributed by atoms with van der Waals surface area (Å²) >= 11 is 1.47. The molecule has 10 N–H and O–H groups in total. The predicted octanol–water partition coefficient (Wildman–Crippen LogP) is -1.97. The van der Waals surface area contributed by atoms with Crippen molar-refractivity contribution in [3.63, 3.8) is 0 Å². The summed E-state index contributed by atoms with van der Waals surface area (Å²) in [5.74, 6) is -3.59. The Bertz CT molecular complexity index is 822. The number of nitrogens with one attached hydrogen (secondary N) is 2. The molecule has 14 nitrogen and oxygen atoms in total. The molecular formula is C21H37N7O7S. The van der Waals surface area contributed by atoms with Gasteiger partial charge in [-0.05, 0) is 50.5 Å². The number of carboxylic acid groups (broad SMARTS) is 2. The van der Waals surface area contributed by atoms with Crippen molar-refractivity contribution in [3.8, 4) is 0 Å². The summed E-state index contributed by atoms with van der Waals surface area (Å²) in [6, 6.07) is -4.11. The van der Waals surface area contributed by atoms with E-state index in [4.69, 9.17) is 22.3 Å². The van der Waals surface area contributed by atoms with Gasteiger partial charge in [-0.1, -0.05) is 0 Å². The first-order valence-electron chi connectivity index (χ1n) is 11.6. The number of amides is 3. The summed E-state index contributed by atoms with van der Waals surface area (Å²) in [4.78, 5) is 66.2. The summed E-state index contributed by atoms with van der Waals surface area (Å²) < 4.78 is 0. The normalized spacial score (nSPS) is 17.5. The van der Waals surface area contributed by atoms with E-state index in [1.54, 1.807) is 0 Å². The minimum atomic E-state index is -1.22. The van der Waals surface area contributed by atoms with Crippen molar-refractivity contribution >= 4 is 47.4 Å². The van der Waals surface area contributed by atoms with Gasteiger partial charge < -0.3 is 42.9 Å². The lowest BCUT2D eigenvalue weighted by Crippen LogP contribution is -2.57. The van der Waals surface area contributed by atoms with Crippen LogP contribution in [0.5, 0.6) is 0 Å². The zero-order valence-electron chi connectivity index (χ0n) is 20.4. The monoisotopic (exact) mass is 531 g/mol. The Morgan fingerprint density at radius 2 is 1.78 bits per heavy atom. The van der Waals surface area contributed by atoms with E-state index in [1.807, 2.05) is 6.26 Å². The van der Waals surface area contributed by atoms with Crippen LogP contribution < -0.4 is 27.8 Å². The summed E-state index contributed by atoms with van der Waals surface area (Å²) in [6.45, 7) is 0.483. The zero-order valence-corrected chi connectivity index (χ0v) is 21.2. The first-order valence-corrected chi connectivity index (χ1v) is 13.0. The topological polar surface area (TPSA) is 244 Å². The summed E-state index contributed by atoms with van der Waals surface area (Å²) in [6.07, 6.45) is 3.05. The minimum absolute atomic E-state index is 0.0842. The molecule has 1 heterocycles. The number of nitrogens with two attached hydrogens (primary N) is 3. The number of hydrogen-bond acceptors (Lipinski definition) is 8. The van der Waals surface area contributed by atoms with E-state index in [0.717, 1.165) is 0 Å². The number of nitrogens with zero attached hydrogens (tertiary/aromatic N) is 2. The van der Waals surface area contributed by atoms with Gasteiger partial charge in [0, 0.05) is 19.5 Å². The van der Waals surface area contributed by atoms with Gasteiger partial charge in [0.05, 0.1) is 6.04 Å². The number of aliphatic carboxylic acids is 2. The first-order chi connectivity index (χ1) is 17.0. The molecule has 0 aromatic carbocycles. The van der Waals surface area contributed by atoms with Gasteiger partial charge in [0.25, 0.3) is 0 Å². The Hall–Kier alpha value is -3.07. The lowest BCUT2D eigenvalue weighted by Gasteiger charge is -2.30. The molecule has 4 unspecified atom stereocenters. The molecule has 4 atom stereocenters. The molecule has 1 saturated heterocycles. The molecule has 0 spiro atoms. The number of carbonyl (C=O) groups excluding carboxylic acids is 3. The van der Waals surface area contributed by atoms with E-state index in [0.29, 0.717) is 25.0 Å². The lowest BCUT2D eigenvalue weighted by molar-refractivity contribution is -0.145. The van der Waals surface area contributed by atoms with Crippen LogP contribution in [0.4, 0.5) is 0 Å². The SMILES string of the molecule is CSCCC(NC(=O)C(N)CCC(=O)O)C(=O)N1CCCC1C(=O)NC(CCCN=C(N)N)C(=O)O. The molecule has 1 rings (SSSR count). The van der Waals surface area contributed by atoms with Gasteiger partial charge in [0.1, 0.15) is 18.1 Å². The van der Waals surface area contributed by atoms with Gasteiger partial charge in [0.15, 0.2) is 5.96 Å². The van der Waals surface area contributed by atoms with Crippen molar-refractivity contribution in [3.05, 3.63) is 0 Å². The first kappa shape index (κ1) is 31.0. The maximum Gasteiger partial charge on any atom is 0.326 e. The zero-order chi connectivity index (χ0) is 27.3. The Morgan fingerprint density at radius 1 is 1.08 bits per heavy atom.